The van der Waals surface area contributed by atoms with Crippen molar-refractivity contribution in [3.8, 4) is 0 Å². The third-order valence-corrected chi connectivity index (χ3v) is 3.13. The van der Waals surface area contributed by atoms with Crippen molar-refractivity contribution in [1.29, 1.82) is 0 Å². The molecule has 0 heterocycles. The Bertz CT molecular complexity index is 602. The van der Waals surface area contributed by atoms with Crippen LogP contribution in [0.3, 0.4) is 0 Å². The SMILES string of the molecule is C=c1c(C)cc(=Cc2ccc(C)cc2)cc1C. The molecule has 17 heavy (non-hydrogen) atoms. The molecule has 0 bridgehead atoms. The highest BCUT2D eigenvalue weighted by Crippen LogP contribution is 2.03. The number of benzene rings is 2. The zero-order chi connectivity index (χ0) is 12.4. The summed E-state index contributed by atoms with van der Waals surface area (Å²) in [7, 11) is 0. The number of hydrogen-bond acceptors (Lipinski definition) is 0. The first-order valence-corrected chi connectivity index (χ1v) is 5.91. The Hall–Kier alpha value is -1.82. The largest absolute Gasteiger partial charge is 0.0912 e. The van der Waals surface area contributed by atoms with Gasteiger partial charge in [0.1, 0.15) is 0 Å². The van der Waals surface area contributed by atoms with Crippen LogP contribution in [-0.2, 0) is 0 Å². The molecular weight excluding hydrogens is 204 g/mol. The smallest absolute Gasteiger partial charge is 0.0245 e. The molecule has 0 aliphatic rings. The van der Waals surface area contributed by atoms with Crippen LogP contribution < -0.4 is 10.4 Å². The second-order valence-corrected chi connectivity index (χ2v) is 4.69. The molecular formula is C17H18. The van der Waals surface area contributed by atoms with Crippen LogP contribution in [0.4, 0.5) is 0 Å². The molecule has 0 heteroatoms. The van der Waals surface area contributed by atoms with Crippen LogP contribution in [0.1, 0.15) is 22.3 Å². The van der Waals surface area contributed by atoms with E-state index in [-0.39, 0.29) is 0 Å². The molecule has 0 aliphatic heterocycles. The molecule has 0 atom stereocenters. The van der Waals surface area contributed by atoms with E-state index < -0.39 is 0 Å². The lowest BCUT2D eigenvalue weighted by Gasteiger charge is -2.00. The summed E-state index contributed by atoms with van der Waals surface area (Å²) in [5.74, 6) is 0. The van der Waals surface area contributed by atoms with Gasteiger partial charge < -0.3 is 0 Å². The van der Waals surface area contributed by atoms with Gasteiger partial charge in [-0.05, 0) is 54.0 Å². The van der Waals surface area contributed by atoms with Crippen LogP contribution >= 0.6 is 0 Å². The molecule has 0 fully saturated rings. The van der Waals surface area contributed by atoms with Gasteiger partial charge in [0.15, 0.2) is 0 Å². The third kappa shape index (κ3) is 2.65. The van der Waals surface area contributed by atoms with Crippen molar-refractivity contribution in [3.05, 3.63) is 69.1 Å². The lowest BCUT2D eigenvalue weighted by Crippen LogP contribution is -2.15. The molecule has 2 aromatic rings. The minimum Gasteiger partial charge on any atom is -0.0912 e. The van der Waals surface area contributed by atoms with Gasteiger partial charge in [-0.2, -0.15) is 0 Å². The fraction of sp³-hybridized carbons (Fsp3) is 0.176. The zero-order valence-electron chi connectivity index (χ0n) is 10.7. The standard InChI is InChI=1S/C17H18/c1-12-5-7-16(8-6-12)11-17-9-13(2)15(4)14(3)10-17/h5-11H,4H2,1-3H3. The second kappa shape index (κ2) is 4.58. The Morgan fingerprint density at radius 2 is 1.41 bits per heavy atom. The Labute approximate surface area is 103 Å². The van der Waals surface area contributed by atoms with Crippen molar-refractivity contribution in [2.45, 2.75) is 20.8 Å². The summed E-state index contributed by atoms with van der Waals surface area (Å²) in [6.07, 6.45) is 2.21. The molecule has 0 aliphatic carbocycles. The van der Waals surface area contributed by atoms with E-state index in [2.05, 4.69) is 69.8 Å². The molecule has 0 saturated carbocycles. The lowest BCUT2D eigenvalue weighted by atomic mass is 10.1. The highest BCUT2D eigenvalue weighted by molar-refractivity contribution is 5.50. The van der Waals surface area contributed by atoms with Crippen LogP contribution in [0.5, 0.6) is 0 Å². The Balaban J connectivity index is 2.54. The minimum atomic E-state index is 1.14. The van der Waals surface area contributed by atoms with Gasteiger partial charge in [0.05, 0.1) is 0 Å². The van der Waals surface area contributed by atoms with Crippen LogP contribution in [0.2, 0.25) is 0 Å². The zero-order valence-corrected chi connectivity index (χ0v) is 10.7. The maximum absolute atomic E-state index is 4.07. The molecule has 0 unspecified atom stereocenters. The van der Waals surface area contributed by atoms with Crippen molar-refractivity contribution in [1.82, 2.24) is 0 Å². The normalized spacial score (nSPS) is 10.3. The Morgan fingerprint density at radius 1 is 0.882 bits per heavy atom. The first kappa shape index (κ1) is 11.7. The second-order valence-electron chi connectivity index (χ2n) is 4.69. The summed E-state index contributed by atoms with van der Waals surface area (Å²) in [6.45, 7) is 10.4. The van der Waals surface area contributed by atoms with E-state index in [9.17, 15) is 0 Å². The molecule has 0 N–H and O–H groups in total. The molecule has 86 valence electrons. The van der Waals surface area contributed by atoms with Crippen molar-refractivity contribution >= 4 is 12.7 Å². The lowest BCUT2D eigenvalue weighted by molar-refractivity contribution is 1.30. The summed E-state index contributed by atoms with van der Waals surface area (Å²) >= 11 is 0. The maximum atomic E-state index is 4.07. The molecule has 0 aromatic heterocycles. The number of aryl methyl sites for hydroxylation is 3. The fourth-order valence-electron chi connectivity index (χ4n) is 1.97. The molecule has 2 rings (SSSR count). The van der Waals surface area contributed by atoms with Crippen molar-refractivity contribution < 1.29 is 0 Å². The van der Waals surface area contributed by atoms with E-state index in [1.807, 2.05) is 0 Å². The van der Waals surface area contributed by atoms with Gasteiger partial charge in [0.2, 0.25) is 0 Å². The Kier molecular flexibility index (Phi) is 3.14. The van der Waals surface area contributed by atoms with Gasteiger partial charge in [0.25, 0.3) is 0 Å². The number of rotatable bonds is 1. The van der Waals surface area contributed by atoms with E-state index in [4.69, 9.17) is 0 Å². The van der Waals surface area contributed by atoms with Gasteiger partial charge in [-0.15, -0.1) is 0 Å². The van der Waals surface area contributed by atoms with Gasteiger partial charge >= 0.3 is 0 Å². The van der Waals surface area contributed by atoms with Crippen molar-refractivity contribution in [2.24, 2.45) is 0 Å². The first-order chi connectivity index (χ1) is 8.06. The summed E-state index contributed by atoms with van der Waals surface area (Å²) in [4.78, 5) is 0. The van der Waals surface area contributed by atoms with E-state index in [0.717, 1.165) is 5.22 Å². The van der Waals surface area contributed by atoms with Gasteiger partial charge in [-0.3, -0.25) is 0 Å². The summed E-state index contributed by atoms with van der Waals surface area (Å²) < 4.78 is 0. The first-order valence-electron chi connectivity index (χ1n) is 5.91. The average molecular weight is 222 g/mol. The molecule has 0 amide bonds. The predicted molar refractivity (Wildman–Crippen MR) is 75.4 cm³/mol. The topological polar surface area (TPSA) is 0 Å². The van der Waals surface area contributed by atoms with Crippen molar-refractivity contribution in [2.75, 3.05) is 0 Å². The fourth-order valence-corrected chi connectivity index (χ4v) is 1.97. The predicted octanol–water partition coefficient (Wildman–Crippen LogP) is 2.85. The molecule has 0 saturated heterocycles. The Morgan fingerprint density at radius 3 is 1.94 bits per heavy atom. The summed E-state index contributed by atoms with van der Waals surface area (Å²) in [5.41, 5.74) is 5.04. The quantitative estimate of drug-likeness (QED) is 0.696. The van der Waals surface area contributed by atoms with E-state index in [0.29, 0.717) is 0 Å². The van der Waals surface area contributed by atoms with Crippen LogP contribution in [0.25, 0.3) is 12.7 Å². The van der Waals surface area contributed by atoms with Gasteiger partial charge in [0, 0.05) is 0 Å². The van der Waals surface area contributed by atoms with E-state index >= 15 is 0 Å². The maximum Gasteiger partial charge on any atom is -0.0245 e. The molecule has 0 spiro atoms. The van der Waals surface area contributed by atoms with Crippen LogP contribution in [0, 0.1) is 20.8 Å². The highest BCUT2D eigenvalue weighted by atomic mass is 14.0. The number of hydrogen-bond donors (Lipinski definition) is 0. The van der Waals surface area contributed by atoms with Crippen LogP contribution in [-0.4, -0.2) is 0 Å². The van der Waals surface area contributed by atoms with Crippen LogP contribution in [0.15, 0.2) is 36.4 Å². The average Bonchev–Trinajstić information content (AvgIpc) is 2.29. The summed E-state index contributed by atoms with van der Waals surface area (Å²) in [6, 6.07) is 13.0. The third-order valence-electron chi connectivity index (χ3n) is 3.13. The molecule has 0 radical (unpaired) electrons. The molecule has 2 aromatic carbocycles. The van der Waals surface area contributed by atoms with E-state index in [1.165, 1.54) is 27.5 Å². The van der Waals surface area contributed by atoms with E-state index in [1.54, 1.807) is 0 Å². The minimum absolute atomic E-state index is 1.14. The monoisotopic (exact) mass is 222 g/mol. The highest BCUT2D eigenvalue weighted by Gasteiger charge is 1.93. The molecule has 0 nitrogen and oxygen atoms in total. The van der Waals surface area contributed by atoms with Gasteiger partial charge in [-0.25, -0.2) is 0 Å². The summed E-state index contributed by atoms with van der Waals surface area (Å²) in [5, 5.41) is 2.39. The van der Waals surface area contributed by atoms with Gasteiger partial charge in [-0.1, -0.05) is 48.5 Å². The van der Waals surface area contributed by atoms with Crippen molar-refractivity contribution in [3.63, 3.8) is 0 Å².